The van der Waals surface area contributed by atoms with Gasteiger partial charge in [0.15, 0.2) is 5.96 Å². The number of pyridine rings is 1. The Morgan fingerprint density at radius 1 is 1.27 bits per heavy atom. The maximum absolute atomic E-state index is 5.83. The molecule has 0 saturated heterocycles. The lowest BCUT2D eigenvalue weighted by molar-refractivity contribution is 0.301. The average molecular weight is 466 g/mol. The quantitative estimate of drug-likeness (QED) is 0.371. The van der Waals surface area contributed by atoms with Gasteiger partial charge in [-0.15, -0.1) is 24.0 Å². The summed E-state index contributed by atoms with van der Waals surface area (Å²) in [6, 6.07) is 14.5. The van der Waals surface area contributed by atoms with Crippen molar-refractivity contribution in [1.82, 2.24) is 15.6 Å². The molecule has 1 fully saturated rings. The van der Waals surface area contributed by atoms with Gasteiger partial charge < -0.3 is 15.4 Å². The van der Waals surface area contributed by atoms with Gasteiger partial charge >= 0.3 is 0 Å². The van der Waals surface area contributed by atoms with E-state index in [4.69, 9.17) is 4.74 Å². The van der Waals surface area contributed by atoms with E-state index in [-0.39, 0.29) is 24.0 Å². The van der Waals surface area contributed by atoms with Crippen LogP contribution in [0.5, 0.6) is 5.75 Å². The molecule has 2 N–H and O–H groups in total. The molecule has 1 aliphatic rings. The highest BCUT2D eigenvalue weighted by Crippen LogP contribution is 2.28. The van der Waals surface area contributed by atoms with E-state index >= 15 is 0 Å². The number of nitrogens with zero attached hydrogens (tertiary/aromatic N) is 2. The molecule has 1 aromatic heterocycles. The zero-order chi connectivity index (χ0) is 17.5. The van der Waals surface area contributed by atoms with E-state index < -0.39 is 0 Å². The number of halogens is 1. The van der Waals surface area contributed by atoms with Gasteiger partial charge in [-0.2, -0.15) is 0 Å². The summed E-state index contributed by atoms with van der Waals surface area (Å²) in [4.78, 5) is 8.96. The molecule has 140 valence electrons. The highest BCUT2D eigenvalue weighted by Gasteiger charge is 2.33. The summed E-state index contributed by atoms with van der Waals surface area (Å²) < 4.78 is 5.83. The van der Waals surface area contributed by atoms with Crippen molar-refractivity contribution in [3.05, 3.63) is 59.9 Å². The van der Waals surface area contributed by atoms with Gasteiger partial charge in [-0.05, 0) is 49.1 Å². The Labute approximate surface area is 172 Å². The summed E-state index contributed by atoms with van der Waals surface area (Å²) in [5, 5.41) is 6.78. The van der Waals surface area contributed by atoms with Crippen LogP contribution in [0, 0.1) is 5.92 Å². The molecule has 0 bridgehead atoms. The number of ether oxygens (including phenoxy) is 1. The third-order valence-corrected chi connectivity index (χ3v) is 4.21. The van der Waals surface area contributed by atoms with Crippen LogP contribution < -0.4 is 15.4 Å². The number of aromatic nitrogens is 1. The van der Waals surface area contributed by atoms with Crippen LogP contribution in [0.2, 0.25) is 0 Å². The van der Waals surface area contributed by atoms with Crippen LogP contribution in [-0.2, 0) is 13.2 Å². The van der Waals surface area contributed by atoms with Crippen molar-refractivity contribution in [1.29, 1.82) is 0 Å². The summed E-state index contributed by atoms with van der Waals surface area (Å²) in [5.41, 5.74) is 2.04. The van der Waals surface area contributed by atoms with Crippen LogP contribution in [-0.4, -0.2) is 23.5 Å². The molecule has 2 unspecified atom stereocenters. The van der Waals surface area contributed by atoms with Gasteiger partial charge in [0.25, 0.3) is 0 Å². The van der Waals surface area contributed by atoms with E-state index in [9.17, 15) is 0 Å². The zero-order valence-electron chi connectivity index (χ0n) is 15.3. The maximum atomic E-state index is 5.83. The van der Waals surface area contributed by atoms with Gasteiger partial charge in [0.2, 0.25) is 0 Å². The molecule has 0 aliphatic heterocycles. The number of aliphatic imine (C=N–C) groups is 1. The minimum atomic E-state index is 0. The Balaban J connectivity index is 0.00000243. The summed E-state index contributed by atoms with van der Waals surface area (Å²) in [7, 11) is 0. The van der Waals surface area contributed by atoms with Gasteiger partial charge in [-0.1, -0.05) is 25.1 Å². The van der Waals surface area contributed by atoms with E-state index in [1.807, 2.05) is 36.4 Å². The molecule has 0 radical (unpaired) electrons. The van der Waals surface area contributed by atoms with Crippen molar-refractivity contribution in [2.75, 3.05) is 6.54 Å². The highest BCUT2D eigenvalue weighted by molar-refractivity contribution is 14.0. The standard InChI is InChI=1S/C20H26N4O.HI/c1-3-21-20(24-19-11-15(19)2)23-13-16-7-6-9-18(12-16)25-14-17-8-4-5-10-22-17;/h4-10,12,15,19H,3,11,13-14H2,1-2H3,(H2,21,23,24);1H. The molecule has 0 amide bonds. The third-order valence-electron chi connectivity index (χ3n) is 4.21. The molecular weight excluding hydrogens is 439 g/mol. The predicted molar refractivity (Wildman–Crippen MR) is 116 cm³/mol. The molecule has 1 aromatic carbocycles. The number of hydrogen-bond acceptors (Lipinski definition) is 3. The number of rotatable bonds is 7. The summed E-state index contributed by atoms with van der Waals surface area (Å²) in [6.45, 7) is 6.29. The molecule has 0 spiro atoms. The van der Waals surface area contributed by atoms with Crippen LogP contribution in [0.3, 0.4) is 0 Å². The molecule has 26 heavy (non-hydrogen) atoms. The normalized spacial score (nSPS) is 18.6. The van der Waals surface area contributed by atoms with Crippen molar-refractivity contribution in [2.24, 2.45) is 10.9 Å². The van der Waals surface area contributed by atoms with Crippen molar-refractivity contribution in [2.45, 2.75) is 39.5 Å². The highest BCUT2D eigenvalue weighted by atomic mass is 127. The Kier molecular flexibility index (Phi) is 8.15. The van der Waals surface area contributed by atoms with Crippen LogP contribution in [0.15, 0.2) is 53.7 Å². The van der Waals surface area contributed by atoms with E-state index in [0.717, 1.165) is 35.4 Å². The van der Waals surface area contributed by atoms with Gasteiger partial charge in [0.1, 0.15) is 12.4 Å². The SMILES string of the molecule is CCNC(=NCc1cccc(OCc2ccccn2)c1)NC1CC1C.I. The Bertz CT molecular complexity index is 708. The van der Waals surface area contributed by atoms with Gasteiger partial charge in [0.05, 0.1) is 12.2 Å². The predicted octanol–water partition coefficient (Wildman–Crippen LogP) is 3.74. The number of nitrogens with one attached hydrogen (secondary N) is 2. The summed E-state index contributed by atoms with van der Waals surface area (Å²) >= 11 is 0. The molecule has 5 nitrogen and oxygen atoms in total. The smallest absolute Gasteiger partial charge is 0.191 e. The lowest BCUT2D eigenvalue weighted by Crippen LogP contribution is -2.39. The van der Waals surface area contributed by atoms with Crippen LogP contribution in [0.1, 0.15) is 31.5 Å². The van der Waals surface area contributed by atoms with E-state index in [0.29, 0.717) is 19.2 Å². The fourth-order valence-corrected chi connectivity index (χ4v) is 2.56. The molecule has 3 rings (SSSR count). The van der Waals surface area contributed by atoms with Crippen LogP contribution in [0.25, 0.3) is 0 Å². The van der Waals surface area contributed by atoms with Crippen molar-refractivity contribution >= 4 is 29.9 Å². The van der Waals surface area contributed by atoms with E-state index in [1.54, 1.807) is 6.20 Å². The van der Waals surface area contributed by atoms with Gasteiger partial charge in [0, 0.05) is 18.8 Å². The fourth-order valence-electron chi connectivity index (χ4n) is 2.56. The molecule has 1 saturated carbocycles. The maximum Gasteiger partial charge on any atom is 0.191 e. The molecule has 1 aliphatic carbocycles. The Morgan fingerprint density at radius 3 is 2.81 bits per heavy atom. The van der Waals surface area contributed by atoms with Crippen molar-refractivity contribution < 1.29 is 4.74 Å². The van der Waals surface area contributed by atoms with E-state index in [1.165, 1.54) is 6.42 Å². The number of benzene rings is 1. The van der Waals surface area contributed by atoms with Crippen LogP contribution in [0.4, 0.5) is 0 Å². The van der Waals surface area contributed by atoms with Crippen molar-refractivity contribution in [3.63, 3.8) is 0 Å². The van der Waals surface area contributed by atoms with E-state index in [2.05, 4.69) is 40.5 Å². The Morgan fingerprint density at radius 2 is 2.12 bits per heavy atom. The lowest BCUT2D eigenvalue weighted by Gasteiger charge is -2.11. The van der Waals surface area contributed by atoms with Crippen molar-refractivity contribution in [3.8, 4) is 5.75 Å². The second kappa shape index (κ2) is 10.4. The van der Waals surface area contributed by atoms with Crippen LogP contribution >= 0.6 is 24.0 Å². The van der Waals surface area contributed by atoms with Gasteiger partial charge in [-0.3, -0.25) is 4.98 Å². The first-order valence-electron chi connectivity index (χ1n) is 8.91. The fraction of sp³-hybridized carbons (Fsp3) is 0.400. The summed E-state index contributed by atoms with van der Waals surface area (Å²) in [5.74, 6) is 2.47. The Hall–Kier alpha value is -1.83. The first kappa shape index (κ1) is 20.5. The largest absolute Gasteiger partial charge is 0.487 e. The molecule has 6 heteroatoms. The first-order valence-corrected chi connectivity index (χ1v) is 8.91. The topological polar surface area (TPSA) is 58.5 Å². The second-order valence-corrected chi connectivity index (χ2v) is 6.42. The molecular formula is C20H27IN4O. The lowest BCUT2D eigenvalue weighted by atomic mass is 10.2. The number of guanidine groups is 1. The van der Waals surface area contributed by atoms with Gasteiger partial charge in [-0.25, -0.2) is 4.99 Å². The molecule has 1 heterocycles. The molecule has 2 atom stereocenters. The average Bonchev–Trinajstić information content (AvgIpc) is 3.34. The minimum Gasteiger partial charge on any atom is -0.487 e. The number of hydrogen-bond donors (Lipinski definition) is 2. The molecule has 2 aromatic rings. The minimum absolute atomic E-state index is 0. The first-order chi connectivity index (χ1) is 12.2. The third kappa shape index (κ3) is 6.48. The monoisotopic (exact) mass is 466 g/mol. The summed E-state index contributed by atoms with van der Waals surface area (Å²) in [6.07, 6.45) is 3.00. The zero-order valence-corrected chi connectivity index (χ0v) is 17.6. The second-order valence-electron chi connectivity index (χ2n) is 6.42.